The van der Waals surface area contributed by atoms with E-state index in [1.165, 1.54) is 0 Å². The van der Waals surface area contributed by atoms with Crippen LogP contribution in [0.4, 0.5) is 0 Å². The van der Waals surface area contributed by atoms with Gasteiger partial charge < -0.3 is 4.55 Å². The molecule has 1 unspecified atom stereocenters. The summed E-state index contributed by atoms with van der Waals surface area (Å²) in [5.41, 5.74) is 2.62. The minimum absolute atomic E-state index is 0.253. The van der Waals surface area contributed by atoms with E-state index in [2.05, 4.69) is 0 Å². The molecule has 16 heavy (non-hydrogen) atoms. The lowest BCUT2D eigenvalue weighted by Crippen LogP contribution is -2.30. The number of benzene rings is 1. The molecule has 4 N–H and O–H groups in total. The van der Waals surface area contributed by atoms with Crippen molar-refractivity contribution < 1.29 is 9.35 Å². The third-order valence-corrected chi connectivity index (χ3v) is 3.38. The smallest absolute Gasteiger partial charge is 0.265 e. The molecule has 0 saturated carbocycles. The van der Waals surface area contributed by atoms with Crippen molar-refractivity contribution in [1.82, 2.24) is 5.43 Å². The monoisotopic (exact) mass is 280 g/mol. The Kier molecular flexibility index (Phi) is 5.24. The van der Waals surface area contributed by atoms with Crippen molar-refractivity contribution in [3.8, 4) is 0 Å². The van der Waals surface area contributed by atoms with Crippen LogP contribution in [0.3, 0.4) is 0 Å². The second-order valence-electron chi connectivity index (χ2n) is 2.91. The van der Waals surface area contributed by atoms with Crippen LogP contribution in [0.25, 0.3) is 0 Å². The van der Waals surface area contributed by atoms with E-state index in [9.17, 15) is 9.35 Å². The molecular formula is C9H10Cl2N2O2S. The van der Waals surface area contributed by atoms with Crippen LogP contribution in [-0.2, 0) is 10.5 Å². The van der Waals surface area contributed by atoms with Gasteiger partial charge in [-0.25, -0.2) is 5.84 Å². The molecule has 1 aromatic carbocycles. The largest absolute Gasteiger partial charge is 0.337 e. The van der Waals surface area contributed by atoms with Gasteiger partial charge in [-0.05, 0) is 17.7 Å². The predicted octanol–water partition coefficient (Wildman–Crippen LogP) is 2.03. The molecule has 0 spiro atoms. The summed E-state index contributed by atoms with van der Waals surface area (Å²) in [4.78, 5) is 10.9. The number of hydrogen-bond acceptors (Lipinski definition) is 3. The highest BCUT2D eigenvalue weighted by Crippen LogP contribution is 2.25. The van der Waals surface area contributed by atoms with Crippen molar-refractivity contribution in [1.29, 1.82) is 0 Å². The molecule has 0 bridgehead atoms. The summed E-state index contributed by atoms with van der Waals surface area (Å²) >= 11 is 11.6. The van der Waals surface area contributed by atoms with Crippen molar-refractivity contribution in [2.75, 3.05) is 0 Å². The number of hydrogen-bond donors (Lipinski definition) is 3. The summed E-state index contributed by atoms with van der Waals surface area (Å²) in [7, 11) is -1.21. The summed E-state index contributed by atoms with van der Waals surface area (Å²) < 4.78 is 9.56. The predicted molar refractivity (Wildman–Crippen MR) is 68.8 cm³/mol. The fraction of sp³-hybridized carbons (Fsp3) is 0.111. The van der Waals surface area contributed by atoms with Gasteiger partial charge in [-0.3, -0.25) is 10.2 Å². The first kappa shape index (κ1) is 13.5. The van der Waals surface area contributed by atoms with E-state index in [0.29, 0.717) is 10.0 Å². The van der Waals surface area contributed by atoms with E-state index in [1.54, 1.807) is 18.2 Å². The van der Waals surface area contributed by atoms with Crippen LogP contribution in [0, 0.1) is 0 Å². The second kappa shape index (κ2) is 6.22. The minimum Gasteiger partial charge on any atom is -0.337 e. The fourth-order valence-corrected chi connectivity index (χ4v) is 2.52. The van der Waals surface area contributed by atoms with Crippen LogP contribution in [-0.4, -0.2) is 15.8 Å². The average molecular weight is 281 g/mol. The number of nitrogens with two attached hydrogens (primary N) is 1. The zero-order valence-corrected chi connectivity index (χ0v) is 10.4. The molecule has 0 radical (unpaired) electrons. The Morgan fingerprint density at radius 1 is 1.56 bits per heavy atom. The molecule has 0 aliphatic heterocycles. The quantitative estimate of drug-likeness (QED) is 0.343. The normalized spacial score (nSPS) is 12.5. The van der Waals surface area contributed by atoms with Gasteiger partial charge in [0.05, 0.1) is 5.37 Å². The SMILES string of the molecule is NNC(=O)C=S(O)Cc1ccc(Cl)cc1Cl. The Labute approximate surface area is 105 Å². The number of nitrogens with one attached hydrogen (secondary N) is 1. The van der Waals surface area contributed by atoms with Crippen LogP contribution in [0.1, 0.15) is 5.56 Å². The molecule has 1 amide bonds. The van der Waals surface area contributed by atoms with Gasteiger partial charge in [0.25, 0.3) is 5.91 Å². The highest BCUT2D eigenvalue weighted by atomic mass is 35.5. The van der Waals surface area contributed by atoms with Gasteiger partial charge in [-0.2, -0.15) is 0 Å². The number of amides is 1. The summed E-state index contributed by atoms with van der Waals surface area (Å²) in [5.74, 6) is 4.60. The second-order valence-corrected chi connectivity index (χ2v) is 5.08. The van der Waals surface area contributed by atoms with Gasteiger partial charge in [-0.1, -0.05) is 40.0 Å². The molecule has 4 nitrogen and oxygen atoms in total. The summed E-state index contributed by atoms with van der Waals surface area (Å²) in [5, 5.41) is 2.08. The van der Waals surface area contributed by atoms with Gasteiger partial charge in [0.15, 0.2) is 0 Å². The highest BCUT2D eigenvalue weighted by molar-refractivity contribution is 8.10. The molecule has 0 fully saturated rings. The highest BCUT2D eigenvalue weighted by Gasteiger charge is 2.03. The number of halogens is 2. The molecule has 0 aromatic heterocycles. The number of hydrazine groups is 1. The Balaban J connectivity index is 2.81. The first-order chi connectivity index (χ1) is 7.52. The standard InChI is InChI=1S/C9H10Cl2N2O2S/c10-7-2-1-6(8(11)3-7)4-16(15)5-9(14)13-12/h1-3,5,15H,4,12H2,(H,13,14). The molecule has 7 heteroatoms. The first-order valence-corrected chi connectivity index (χ1v) is 6.38. The molecule has 1 atom stereocenters. The maximum Gasteiger partial charge on any atom is 0.265 e. The molecule has 1 aromatic rings. The van der Waals surface area contributed by atoms with Crippen molar-refractivity contribution >= 4 is 45.2 Å². The molecule has 1 rings (SSSR count). The van der Waals surface area contributed by atoms with Crippen LogP contribution in [0.5, 0.6) is 0 Å². The van der Waals surface area contributed by atoms with Crippen LogP contribution in [0.2, 0.25) is 10.0 Å². The molecular weight excluding hydrogens is 271 g/mol. The van der Waals surface area contributed by atoms with E-state index < -0.39 is 16.7 Å². The lowest BCUT2D eigenvalue weighted by atomic mass is 10.2. The number of rotatable bonds is 3. The van der Waals surface area contributed by atoms with E-state index in [0.717, 1.165) is 10.9 Å². The lowest BCUT2D eigenvalue weighted by Gasteiger charge is -2.05. The third-order valence-electron chi connectivity index (χ3n) is 1.70. The Morgan fingerprint density at radius 2 is 2.25 bits per heavy atom. The van der Waals surface area contributed by atoms with E-state index >= 15 is 0 Å². The molecule has 0 heterocycles. The van der Waals surface area contributed by atoms with Crippen LogP contribution in [0.15, 0.2) is 18.2 Å². The average Bonchev–Trinajstić information content (AvgIpc) is 2.22. The van der Waals surface area contributed by atoms with Crippen molar-refractivity contribution in [2.45, 2.75) is 5.75 Å². The summed E-state index contributed by atoms with van der Waals surface area (Å²) in [6.07, 6.45) is 0. The molecule has 88 valence electrons. The minimum atomic E-state index is -1.21. The maximum absolute atomic E-state index is 10.9. The number of carbonyl (C=O) groups excluding carboxylic acids is 1. The van der Waals surface area contributed by atoms with Crippen molar-refractivity contribution in [2.24, 2.45) is 5.84 Å². The zero-order valence-electron chi connectivity index (χ0n) is 8.11. The first-order valence-electron chi connectivity index (χ1n) is 4.21. The van der Waals surface area contributed by atoms with E-state index in [-0.39, 0.29) is 5.75 Å². The van der Waals surface area contributed by atoms with Gasteiger partial charge >= 0.3 is 0 Å². The third kappa shape index (κ3) is 4.11. The Hall–Kier alpha value is -0.590. The maximum atomic E-state index is 10.9. The van der Waals surface area contributed by atoms with E-state index in [4.69, 9.17) is 29.0 Å². The Morgan fingerprint density at radius 3 is 2.81 bits per heavy atom. The fourth-order valence-electron chi connectivity index (χ4n) is 0.997. The molecule has 0 aliphatic rings. The zero-order chi connectivity index (χ0) is 12.1. The molecule has 0 aliphatic carbocycles. The topological polar surface area (TPSA) is 75.3 Å². The van der Waals surface area contributed by atoms with Gasteiger partial charge in [0, 0.05) is 15.8 Å². The Bertz CT molecular complexity index is 438. The summed E-state index contributed by atoms with van der Waals surface area (Å²) in [6, 6.07) is 4.96. The van der Waals surface area contributed by atoms with Crippen LogP contribution < -0.4 is 11.3 Å². The van der Waals surface area contributed by atoms with Crippen molar-refractivity contribution in [3.63, 3.8) is 0 Å². The molecule has 0 saturated heterocycles. The van der Waals surface area contributed by atoms with Gasteiger partial charge in [0.1, 0.15) is 0 Å². The van der Waals surface area contributed by atoms with Gasteiger partial charge in [0.2, 0.25) is 0 Å². The van der Waals surface area contributed by atoms with Crippen molar-refractivity contribution in [3.05, 3.63) is 33.8 Å². The lowest BCUT2D eigenvalue weighted by molar-refractivity contribution is -0.114. The van der Waals surface area contributed by atoms with E-state index in [1.807, 2.05) is 5.43 Å². The summed E-state index contributed by atoms with van der Waals surface area (Å²) in [6.45, 7) is 0. The number of carbonyl (C=O) groups is 1. The van der Waals surface area contributed by atoms with Gasteiger partial charge in [-0.15, -0.1) is 0 Å². The van der Waals surface area contributed by atoms with Crippen LogP contribution >= 0.6 is 34.0 Å².